The van der Waals surface area contributed by atoms with Gasteiger partial charge in [0.1, 0.15) is 0 Å². The van der Waals surface area contributed by atoms with E-state index in [1.54, 1.807) is 19.0 Å². The highest BCUT2D eigenvalue weighted by Gasteiger charge is 2.16. The van der Waals surface area contributed by atoms with Gasteiger partial charge in [-0.1, -0.05) is 6.92 Å². The van der Waals surface area contributed by atoms with E-state index in [1.807, 2.05) is 13.8 Å². The number of amides is 1. The van der Waals surface area contributed by atoms with Crippen molar-refractivity contribution in [2.75, 3.05) is 44.1 Å². The number of nitrogens with zero attached hydrogens (tertiary/aromatic N) is 5. The molecule has 0 fully saturated rings. The van der Waals surface area contributed by atoms with Crippen molar-refractivity contribution in [3.8, 4) is 6.01 Å². The van der Waals surface area contributed by atoms with Gasteiger partial charge in [0, 0.05) is 20.6 Å². The summed E-state index contributed by atoms with van der Waals surface area (Å²) in [5.74, 6) is 5.85. The average molecular weight is 297 g/mol. The zero-order valence-corrected chi connectivity index (χ0v) is 13.0. The highest BCUT2D eigenvalue weighted by atomic mass is 16.5. The second kappa shape index (κ2) is 8.20. The molecule has 0 unspecified atom stereocenters. The fourth-order valence-corrected chi connectivity index (χ4v) is 1.44. The summed E-state index contributed by atoms with van der Waals surface area (Å²) >= 11 is 0. The van der Waals surface area contributed by atoms with Crippen LogP contribution in [0.5, 0.6) is 6.01 Å². The summed E-state index contributed by atoms with van der Waals surface area (Å²) < 4.78 is 5.41. The third-order valence-electron chi connectivity index (χ3n) is 2.66. The van der Waals surface area contributed by atoms with E-state index >= 15 is 0 Å². The molecule has 1 amide bonds. The molecular formula is C12H23N7O2. The monoisotopic (exact) mass is 297 g/mol. The van der Waals surface area contributed by atoms with Gasteiger partial charge < -0.3 is 14.5 Å². The molecule has 0 aliphatic carbocycles. The van der Waals surface area contributed by atoms with Crippen LogP contribution in [0.3, 0.4) is 0 Å². The van der Waals surface area contributed by atoms with Crippen molar-refractivity contribution in [3.05, 3.63) is 0 Å². The van der Waals surface area contributed by atoms with Gasteiger partial charge in [-0.15, -0.1) is 0 Å². The Bertz CT molecular complexity index is 467. The zero-order valence-electron chi connectivity index (χ0n) is 13.0. The van der Waals surface area contributed by atoms with E-state index in [0.29, 0.717) is 19.1 Å². The van der Waals surface area contributed by atoms with Gasteiger partial charge in [0.25, 0.3) is 0 Å². The van der Waals surface area contributed by atoms with E-state index in [0.717, 1.165) is 6.42 Å². The van der Waals surface area contributed by atoms with Crippen LogP contribution in [0.1, 0.15) is 20.3 Å². The molecule has 0 radical (unpaired) electrons. The molecule has 0 bridgehead atoms. The maximum atomic E-state index is 11.8. The number of rotatable bonds is 8. The molecule has 3 N–H and O–H groups in total. The van der Waals surface area contributed by atoms with Gasteiger partial charge in [-0.3, -0.25) is 10.2 Å². The summed E-state index contributed by atoms with van der Waals surface area (Å²) in [5, 5.41) is 0. The predicted octanol–water partition coefficient (Wildman–Crippen LogP) is -0.139. The molecule has 0 saturated carbocycles. The molecule has 118 valence electrons. The molecule has 21 heavy (non-hydrogen) atoms. The van der Waals surface area contributed by atoms with E-state index in [-0.39, 0.29) is 24.4 Å². The van der Waals surface area contributed by atoms with E-state index in [9.17, 15) is 4.79 Å². The van der Waals surface area contributed by atoms with Crippen LogP contribution in [0.2, 0.25) is 0 Å². The number of hydrogen-bond acceptors (Lipinski definition) is 8. The van der Waals surface area contributed by atoms with Gasteiger partial charge in [0.2, 0.25) is 17.8 Å². The Labute approximate surface area is 124 Å². The van der Waals surface area contributed by atoms with Crippen molar-refractivity contribution in [1.82, 2.24) is 19.9 Å². The maximum Gasteiger partial charge on any atom is 0.323 e. The minimum absolute atomic E-state index is 0.0458. The SMILES string of the molecule is CCCOc1nc(NN)nc(N(CC)CC(=O)N(C)C)n1. The van der Waals surface area contributed by atoms with Crippen LogP contribution < -0.4 is 20.9 Å². The number of carbonyl (C=O) groups excluding carboxylic acids is 1. The van der Waals surface area contributed by atoms with Gasteiger partial charge in [-0.05, 0) is 13.3 Å². The molecule has 0 atom stereocenters. The molecule has 0 aliphatic heterocycles. The second-order valence-electron chi connectivity index (χ2n) is 4.54. The summed E-state index contributed by atoms with van der Waals surface area (Å²) in [6.45, 7) is 5.13. The predicted molar refractivity (Wildman–Crippen MR) is 80.0 cm³/mol. The fraction of sp³-hybridized carbons (Fsp3) is 0.667. The fourth-order valence-electron chi connectivity index (χ4n) is 1.44. The van der Waals surface area contributed by atoms with Gasteiger partial charge in [0.15, 0.2) is 0 Å². The lowest BCUT2D eigenvalue weighted by Crippen LogP contribution is -2.37. The molecule has 1 rings (SSSR count). The van der Waals surface area contributed by atoms with Crippen LogP contribution in [-0.2, 0) is 4.79 Å². The number of nitrogens with one attached hydrogen (secondary N) is 1. The first-order valence-corrected chi connectivity index (χ1v) is 6.82. The van der Waals surface area contributed by atoms with Crippen molar-refractivity contribution in [2.45, 2.75) is 20.3 Å². The summed E-state index contributed by atoms with van der Waals surface area (Å²) in [6, 6.07) is 0.186. The number of carbonyl (C=O) groups is 1. The quantitative estimate of drug-likeness (QED) is 0.504. The maximum absolute atomic E-state index is 11.8. The highest BCUT2D eigenvalue weighted by Crippen LogP contribution is 2.14. The normalized spacial score (nSPS) is 10.1. The first-order valence-electron chi connectivity index (χ1n) is 6.82. The summed E-state index contributed by atoms with van der Waals surface area (Å²) in [5.41, 5.74) is 2.37. The average Bonchev–Trinajstić information content (AvgIpc) is 2.49. The summed E-state index contributed by atoms with van der Waals surface area (Å²) in [6.07, 6.45) is 0.836. The summed E-state index contributed by atoms with van der Waals surface area (Å²) in [4.78, 5) is 27.5. The molecule has 1 aromatic heterocycles. The molecule has 9 heteroatoms. The molecule has 1 aromatic rings. The van der Waals surface area contributed by atoms with Crippen LogP contribution >= 0.6 is 0 Å². The standard InChI is InChI=1S/C12H23N7O2/c1-5-7-21-12-15-10(17-13)14-11(16-12)19(6-2)8-9(20)18(3)4/h5-8,13H2,1-4H3,(H,14,15,16,17). The van der Waals surface area contributed by atoms with Gasteiger partial charge in [-0.25, -0.2) is 5.84 Å². The third-order valence-corrected chi connectivity index (χ3v) is 2.66. The Morgan fingerprint density at radius 1 is 1.29 bits per heavy atom. The molecule has 0 spiro atoms. The van der Waals surface area contributed by atoms with Crippen LogP contribution in [0, 0.1) is 0 Å². The lowest BCUT2D eigenvalue weighted by Gasteiger charge is -2.22. The minimum atomic E-state index is -0.0458. The molecular weight excluding hydrogens is 274 g/mol. The van der Waals surface area contributed by atoms with Crippen LogP contribution in [-0.4, -0.2) is 59.6 Å². The number of nitrogens with two attached hydrogens (primary N) is 1. The number of likely N-dealkylation sites (N-methyl/N-ethyl adjacent to an activating group) is 2. The Hall–Kier alpha value is -2.16. The van der Waals surface area contributed by atoms with Crippen molar-refractivity contribution in [3.63, 3.8) is 0 Å². The Morgan fingerprint density at radius 2 is 2.00 bits per heavy atom. The Balaban J connectivity index is 2.98. The number of aromatic nitrogens is 3. The molecule has 0 aromatic carbocycles. The number of hydrazine groups is 1. The second-order valence-corrected chi connectivity index (χ2v) is 4.54. The molecule has 0 saturated heterocycles. The number of hydrogen-bond donors (Lipinski definition) is 2. The molecule has 0 aliphatic rings. The number of ether oxygens (including phenoxy) is 1. The largest absolute Gasteiger partial charge is 0.463 e. The van der Waals surface area contributed by atoms with Crippen LogP contribution in [0.15, 0.2) is 0 Å². The number of nitrogen functional groups attached to an aromatic ring is 1. The lowest BCUT2D eigenvalue weighted by molar-refractivity contribution is -0.127. The van der Waals surface area contributed by atoms with E-state index in [2.05, 4.69) is 20.4 Å². The van der Waals surface area contributed by atoms with E-state index in [4.69, 9.17) is 10.6 Å². The van der Waals surface area contributed by atoms with Crippen molar-refractivity contribution in [2.24, 2.45) is 5.84 Å². The van der Waals surface area contributed by atoms with Gasteiger partial charge in [0.05, 0.1) is 13.2 Å². The lowest BCUT2D eigenvalue weighted by atomic mass is 10.4. The van der Waals surface area contributed by atoms with Crippen molar-refractivity contribution in [1.29, 1.82) is 0 Å². The van der Waals surface area contributed by atoms with E-state index < -0.39 is 0 Å². The third kappa shape index (κ3) is 5.03. The van der Waals surface area contributed by atoms with E-state index in [1.165, 1.54) is 4.90 Å². The smallest absolute Gasteiger partial charge is 0.323 e. The first-order chi connectivity index (χ1) is 10.0. The summed E-state index contributed by atoms with van der Waals surface area (Å²) in [7, 11) is 3.40. The first kappa shape index (κ1) is 16.9. The van der Waals surface area contributed by atoms with Gasteiger partial charge >= 0.3 is 6.01 Å². The zero-order chi connectivity index (χ0) is 15.8. The van der Waals surface area contributed by atoms with Crippen LogP contribution in [0.4, 0.5) is 11.9 Å². The number of anilines is 2. The minimum Gasteiger partial charge on any atom is -0.463 e. The highest BCUT2D eigenvalue weighted by molar-refractivity contribution is 5.80. The molecule has 1 heterocycles. The topological polar surface area (TPSA) is 110 Å². The molecule has 9 nitrogen and oxygen atoms in total. The van der Waals surface area contributed by atoms with Crippen LogP contribution in [0.25, 0.3) is 0 Å². The Kier molecular flexibility index (Phi) is 6.60. The Morgan fingerprint density at radius 3 is 2.52 bits per heavy atom. The van der Waals surface area contributed by atoms with Crippen molar-refractivity contribution >= 4 is 17.8 Å². The van der Waals surface area contributed by atoms with Crippen molar-refractivity contribution < 1.29 is 9.53 Å². The van der Waals surface area contributed by atoms with Gasteiger partial charge in [-0.2, -0.15) is 15.0 Å².